The van der Waals surface area contributed by atoms with Gasteiger partial charge in [-0.1, -0.05) is 6.07 Å². The van der Waals surface area contributed by atoms with Crippen molar-refractivity contribution in [3.63, 3.8) is 0 Å². The predicted molar refractivity (Wildman–Crippen MR) is 58.0 cm³/mol. The van der Waals surface area contributed by atoms with Crippen molar-refractivity contribution in [2.24, 2.45) is 5.73 Å². The Labute approximate surface area is 83.6 Å². The summed E-state index contributed by atoms with van der Waals surface area (Å²) in [6.45, 7) is 4.88. The van der Waals surface area contributed by atoms with Gasteiger partial charge in [0, 0.05) is 12.6 Å². The molecular weight excluding hydrogens is 174 g/mol. The van der Waals surface area contributed by atoms with Crippen LogP contribution >= 0.6 is 0 Å². The number of hydrogen-bond donors (Lipinski definition) is 1. The quantitative estimate of drug-likeness (QED) is 0.786. The lowest BCUT2D eigenvalue weighted by atomic mass is 10.2. The van der Waals surface area contributed by atoms with Crippen LogP contribution in [0.15, 0.2) is 24.5 Å². The number of hydrogen-bond acceptors (Lipinski definition) is 2. The van der Waals surface area contributed by atoms with Gasteiger partial charge in [-0.05, 0) is 31.5 Å². The van der Waals surface area contributed by atoms with E-state index < -0.39 is 0 Å². The summed E-state index contributed by atoms with van der Waals surface area (Å²) >= 11 is 0. The molecule has 0 fully saturated rings. The van der Waals surface area contributed by atoms with E-state index in [1.165, 1.54) is 5.52 Å². The lowest BCUT2D eigenvalue weighted by molar-refractivity contribution is 0.617. The maximum Gasteiger partial charge on any atom is 0.0960 e. The molecule has 0 aliphatic carbocycles. The van der Waals surface area contributed by atoms with E-state index in [-0.39, 0.29) is 0 Å². The van der Waals surface area contributed by atoms with Gasteiger partial charge >= 0.3 is 0 Å². The third kappa shape index (κ3) is 1.40. The largest absolute Gasteiger partial charge is 0.328 e. The van der Waals surface area contributed by atoms with E-state index in [1.807, 2.05) is 12.4 Å². The molecule has 14 heavy (non-hydrogen) atoms. The molecule has 0 bridgehead atoms. The van der Waals surface area contributed by atoms with Crippen LogP contribution in [0, 0.1) is 0 Å². The van der Waals surface area contributed by atoms with E-state index in [2.05, 4.69) is 35.5 Å². The van der Waals surface area contributed by atoms with E-state index >= 15 is 0 Å². The normalized spacial score (nSPS) is 11.4. The van der Waals surface area contributed by atoms with Crippen molar-refractivity contribution in [2.75, 3.05) is 0 Å². The van der Waals surface area contributed by atoms with Gasteiger partial charge in [0.25, 0.3) is 0 Å². The molecule has 2 N–H and O–H groups in total. The van der Waals surface area contributed by atoms with E-state index in [4.69, 9.17) is 5.73 Å². The lowest BCUT2D eigenvalue weighted by Crippen LogP contribution is -1.99. The minimum absolute atomic E-state index is 0.448. The van der Waals surface area contributed by atoms with Gasteiger partial charge in [-0.3, -0.25) is 0 Å². The molecule has 0 saturated carbocycles. The zero-order valence-electron chi connectivity index (χ0n) is 8.57. The first-order valence-corrected chi connectivity index (χ1v) is 4.88. The van der Waals surface area contributed by atoms with Crippen LogP contribution in [0.3, 0.4) is 0 Å². The summed E-state index contributed by atoms with van der Waals surface area (Å²) in [5, 5.41) is 0. The fourth-order valence-corrected chi connectivity index (χ4v) is 1.62. The molecule has 0 unspecified atom stereocenters. The Hall–Kier alpha value is -1.35. The second-order valence-electron chi connectivity index (χ2n) is 3.77. The van der Waals surface area contributed by atoms with E-state index in [0.717, 1.165) is 11.1 Å². The van der Waals surface area contributed by atoms with Crippen LogP contribution in [0.2, 0.25) is 0 Å². The molecule has 0 spiro atoms. The maximum absolute atomic E-state index is 5.57. The SMILES string of the molecule is CC(C)n1cnc2cc(CN)ccc21. The summed E-state index contributed by atoms with van der Waals surface area (Å²) in [5.74, 6) is 0. The highest BCUT2D eigenvalue weighted by atomic mass is 15.1. The average Bonchev–Trinajstić information content (AvgIpc) is 2.59. The van der Waals surface area contributed by atoms with Crippen molar-refractivity contribution in [3.8, 4) is 0 Å². The van der Waals surface area contributed by atoms with Gasteiger partial charge in [0.1, 0.15) is 0 Å². The molecule has 0 saturated heterocycles. The number of nitrogens with two attached hydrogens (primary N) is 1. The van der Waals surface area contributed by atoms with Gasteiger partial charge in [-0.15, -0.1) is 0 Å². The van der Waals surface area contributed by atoms with Crippen molar-refractivity contribution in [1.82, 2.24) is 9.55 Å². The smallest absolute Gasteiger partial charge is 0.0960 e. The Bertz CT molecular complexity index is 443. The van der Waals surface area contributed by atoms with Crippen molar-refractivity contribution in [1.29, 1.82) is 0 Å². The second kappa shape index (κ2) is 3.42. The van der Waals surface area contributed by atoms with Gasteiger partial charge in [0.2, 0.25) is 0 Å². The van der Waals surface area contributed by atoms with Gasteiger partial charge in [0.15, 0.2) is 0 Å². The molecule has 1 aromatic carbocycles. The maximum atomic E-state index is 5.57. The van der Waals surface area contributed by atoms with Crippen molar-refractivity contribution in [2.45, 2.75) is 26.4 Å². The predicted octanol–water partition coefficient (Wildman–Crippen LogP) is 2.08. The van der Waals surface area contributed by atoms with Crippen LogP contribution in [0.25, 0.3) is 11.0 Å². The molecule has 74 valence electrons. The molecule has 0 aliphatic rings. The zero-order valence-corrected chi connectivity index (χ0v) is 8.57. The van der Waals surface area contributed by atoms with Crippen molar-refractivity contribution in [3.05, 3.63) is 30.1 Å². The molecule has 3 heteroatoms. The third-order valence-corrected chi connectivity index (χ3v) is 2.43. The fourth-order valence-electron chi connectivity index (χ4n) is 1.62. The van der Waals surface area contributed by atoms with Crippen LogP contribution in [0.1, 0.15) is 25.5 Å². The number of imidazole rings is 1. The number of fused-ring (bicyclic) bond motifs is 1. The lowest BCUT2D eigenvalue weighted by Gasteiger charge is -2.07. The van der Waals surface area contributed by atoms with Crippen LogP contribution in [0.4, 0.5) is 0 Å². The highest BCUT2D eigenvalue weighted by Crippen LogP contribution is 2.18. The Morgan fingerprint density at radius 1 is 1.43 bits per heavy atom. The first-order chi connectivity index (χ1) is 6.72. The second-order valence-corrected chi connectivity index (χ2v) is 3.77. The van der Waals surface area contributed by atoms with Crippen molar-refractivity contribution < 1.29 is 0 Å². The summed E-state index contributed by atoms with van der Waals surface area (Å²) in [5.41, 5.74) is 8.91. The van der Waals surface area contributed by atoms with Gasteiger partial charge in [0.05, 0.1) is 17.4 Å². The Balaban J connectivity index is 2.59. The Morgan fingerprint density at radius 3 is 2.86 bits per heavy atom. The van der Waals surface area contributed by atoms with Crippen molar-refractivity contribution >= 4 is 11.0 Å². The molecule has 2 aromatic rings. The van der Waals surface area contributed by atoms with Crippen LogP contribution < -0.4 is 5.73 Å². The summed E-state index contributed by atoms with van der Waals surface area (Å²) in [7, 11) is 0. The van der Waals surface area contributed by atoms with Gasteiger partial charge in [-0.25, -0.2) is 4.98 Å². The first-order valence-electron chi connectivity index (χ1n) is 4.88. The van der Waals surface area contributed by atoms with Crippen LogP contribution in [-0.4, -0.2) is 9.55 Å². The van der Waals surface area contributed by atoms with Gasteiger partial charge < -0.3 is 10.3 Å². The average molecular weight is 189 g/mol. The Morgan fingerprint density at radius 2 is 2.21 bits per heavy atom. The topological polar surface area (TPSA) is 43.8 Å². The number of benzene rings is 1. The molecule has 1 heterocycles. The highest BCUT2D eigenvalue weighted by molar-refractivity contribution is 5.76. The minimum atomic E-state index is 0.448. The minimum Gasteiger partial charge on any atom is -0.328 e. The number of aromatic nitrogens is 2. The zero-order chi connectivity index (χ0) is 10.1. The molecule has 0 aliphatic heterocycles. The molecular formula is C11H15N3. The summed E-state index contributed by atoms with van der Waals surface area (Å²) < 4.78 is 2.16. The number of nitrogens with zero attached hydrogens (tertiary/aromatic N) is 2. The molecule has 0 atom stereocenters. The van der Waals surface area contributed by atoms with Gasteiger partial charge in [-0.2, -0.15) is 0 Å². The number of rotatable bonds is 2. The molecule has 0 amide bonds. The summed E-state index contributed by atoms with van der Waals surface area (Å²) in [4.78, 5) is 4.36. The fraction of sp³-hybridized carbons (Fsp3) is 0.364. The van der Waals surface area contributed by atoms with Crippen LogP contribution in [0.5, 0.6) is 0 Å². The molecule has 0 radical (unpaired) electrons. The molecule has 2 rings (SSSR count). The first kappa shape index (κ1) is 9.21. The van der Waals surface area contributed by atoms with Crippen LogP contribution in [-0.2, 0) is 6.54 Å². The van der Waals surface area contributed by atoms with E-state index in [1.54, 1.807) is 0 Å². The Kier molecular flexibility index (Phi) is 2.25. The molecule has 1 aromatic heterocycles. The summed E-state index contributed by atoms with van der Waals surface area (Å²) in [6.07, 6.45) is 1.88. The summed E-state index contributed by atoms with van der Waals surface area (Å²) in [6, 6.07) is 6.64. The van der Waals surface area contributed by atoms with E-state index in [0.29, 0.717) is 12.6 Å². The highest BCUT2D eigenvalue weighted by Gasteiger charge is 2.05. The van der Waals surface area contributed by atoms with E-state index in [9.17, 15) is 0 Å². The molecule has 3 nitrogen and oxygen atoms in total. The standard InChI is InChI=1S/C11H15N3/c1-8(2)14-7-13-10-5-9(6-12)3-4-11(10)14/h3-5,7-8H,6,12H2,1-2H3. The third-order valence-electron chi connectivity index (χ3n) is 2.43. The monoisotopic (exact) mass is 189 g/mol.